The van der Waals surface area contributed by atoms with Crippen LogP contribution in [0.1, 0.15) is 308 Å². The maximum absolute atomic E-state index is 6.04. The Hall–Kier alpha value is -2.84. The van der Waals surface area contributed by atoms with Gasteiger partial charge in [0, 0.05) is 0 Å². The van der Waals surface area contributed by atoms with Crippen LogP contribution < -0.4 is 9.47 Å². The zero-order valence-corrected chi connectivity index (χ0v) is 44.7. The van der Waals surface area contributed by atoms with E-state index in [0.29, 0.717) is 0 Å². The fourth-order valence-corrected chi connectivity index (χ4v) is 9.40. The maximum atomic E-state index is 6.04. The average molecular weight is 908 g/mol. The van der Waals surface area contributed by atoms with Gasteiger partial charge in [-0.3, -0.25) is 0 Å². The number of benzene rings is 2. The van der Waals surface area contributed by atoms with Gasteiger partial charge in [-0.05, 0) is 59.1 Å². The van der Waals surface area contributed by atoms with Gasteiger partial charge in [0.15, 0.2) is 0 Å². The molecule has 66 heavy (non-hydrogen) atoms. The predicted octanol–water partition coefficient (Wildman–Crippen LogP) is 20.5. The molecule has 0 N–H and O–H groups in total. The summed E-state index contributed by atoms with van der Waals surface area (Å²) in [6.07, 6.45) is 65.1. The number of hydrogen-bond donors (Lipinski definition) is 0. The summed E-state index contributed by atoms with van der Waals surface area (Å²) in [5.74, 6) is 7.35. The van der Waals surface area contributed by atoms with Crippen molar-refractivity contribution in [3.63, 3.8) is 0 Å². The molecule has 2 rings (SSSR count). The van der Waals surface area contributed by atoms with Crippen LogP contribution in [0.25, 0.3) is 0 Å². The van der Waals surface area contributed by atoms with E-state index in [0.717, 1.165) is 48.7 Å². The Morgan fingerprint density at radius 1 is 0.303 bits per heavy atom. The first kappa shape index (κ1) is 59.3. The van der Waals surface area contributed by atoms with Gasteiger partial charge >= 0.3 is 0 Å². The SMILES string of the molecule is C#Cc1cc(C(C)(C)C)ccc1OCCCCCCCCCCCCCCCCCCCCCCCCCCCCCCCCCCCCCCCCOc1ccc(C(C)(C)C)cc1C#C. The highest BCUT2D eigenvalue weighted by atomic mass is 16.5. The standard InChI is InChI=1S/C64H106O2/c1-9-57-55-59(63(3,4)5)49-51-61(57)65-53-47-45-43-41-39-37-35-33-31-29-27-25-23-21-19-17-15-13-11-12-14-16-18-20-22-24-26-28-30-32-34-36-38-40-42-44-46-48-54-66-62-52-50-60(64(6,7)8)56-58(62)10-2/h1-2,49-52,55-56H,11-48,53-54H2,3-8H3. The molecule has 374 valence electrons. The summed E-state index contributed by atoms with van der Waals surface area (Å²) >= 11 is 0. The third-order valence-electron chi connectivity index (χ3n) is 14.1. The molecule has 0 saturated heterocycles. The van der Waals surface area contributed by atoms with Gasteiger partial charge in [-0.2, -0.15) is 0 Å². The van der Waals surface area contributed by atoms with Crippen LogP contribution in [0.5, 0.6) is 11.5 Å². The lowest BCUT2D eigenvalue weighted by atomic mass is 9.86. The Labute approximate surface area is 412 Å². The topological polar surface area (TPSA) is 18.5 Å². The Morgan fingerprint density at radius 2 is 0.485 bits per heavy atom. The van der Waals surface area contributed by atoms with Crippen LogP contribution in [0.4, 0.5) is 0 Å². The van der Waals surface area contributed by atoms with E-state index in [1.807, 2.05) is 0 Å². The molecule has 0 saturated carbocycles. The lowest BCUT2D eigenvalue weighted by Crippen LogP contribution is -2.11. The number of unbranched alkanes of at least 4 members (excludes halogenated alkanes) is 37. The molecule has 0 atom stereocenters. The van der Waals surface area contributed by atoms with Crippen molar-refractivity contribution >= 4 is 0 Å². The Balaban J connectivity index is 1.18. The summed E-state index contributed by atoms with van der Waals surface area (Å²) in [4.78, 5) is 0. The van der Waals surface area contributed by atoms with Crippen molar-refractivity contribution in [2.24, 2.45) is 0 Å². The van der Waals surface area contributed by atoms with Crippen molar-refractivity contribution < 1.29 is 9.47 Å². The molecule has 2 heteroatoms. The van der Waals surface area contributed by atoms with Gasteiger partial charge < -0.3 is 9.47 Å². The van der Waals surface area contributed by atoms with E-state index >= 15 is 0 Å². The minimum atomic E-state index is 0.100. The number of rotatable bonds is 43. The summed E-state index contributed by atoms with van der Waals surface area (Å²) in [6.45, 7) is 14.8. The number of hydrogen-bond acceptors (Lipinski definition) is 2. The van der Waals surface area contributed by atoms with E-state index in [4.69, 9.17) is 22.3 Å². The monoisotopic (exact) mass is 907 g/mol. The van der Waals surface area contributed by atoms with Gasteiger partial charge in [0.2, 0.25) is 0 Å². The molecule has 0 heterocycles. The summed E-state index contributed by atoms with van der Waals surface area (Å²) in [7, 11) is 0. The van der Waals surface area contributed by atoms with E-state index in [2.05, 4.69) is 89.8 Å². The van der Waals surface area contributed by atoms with Crippen molar-refractivity contribution in [1.29, 1.82) is 0 Å². The normalized spacial score (nSPS) is 11.8. The van der Waals surface area contributed by atoms with Gasteiger partial charge in [0.05, 0.1) is 24.3 Å². The fraction of sp³-hybridized carbons (Fsp3) is 0.750. The maximum Gasteiger partial charge on any atom is 0.134 e. The molecule has 0 unspecified atom stereocenters. The van der Waals surface area contributed by atoms with Crippen LogP contribution in [0.3, 0.4) is 0 Å². The molecule has 0 aliphatic rings. The van der Waals surface area contributed by atoms with E-state index < -0.39 is 0 Å². The van der Waals surface area contributed by atoms with Crippen molar-refractivity contribution in [3.05, 3.63) is 58.7 Å². The minimum absolute atomic E-state index is 0.100. The molecule has 0 aliphatic heterocycles. The molecule has 0 aliphatic carbocycles. The minimum Gasteiger partial charge on any atom is -0.492 e. The van der Waals surface area contributed by atoms with Gasteiger partial charge in [-0.25, -0.2) is 0 Å². The quantitative estimate of drug-likeness (QED) is 0.0488. The van der Waals surface area contributed by atoms with E-state index in [9.17, 15) is 0 Å². The van der Waals surface area contributed by atoms with Gasteiger partial charge in [-0.15, -0.1) is 12.8 Å². The van der Waals surface area contributed by atoms with Crippen molar-refractivity contribution in [2.75, 3.05) is 13.2 Å². The summed E-state index contributed by atoms with van der Waals surface area (Å²) in [6, 6.07) is 12.6. The first-order valence-electron chi connectivity index (χ1n) is 28.5. The fourth-order valence-electron chi connectivity index (χ4n) is 9.40. The molecule has 2 aromatic rings. The molecule has 2 nitrogen and oxygen atoms in total. The van der Waals surface area contributed by atoms with Crippen molar-refractivity contribution in [1.82, 2.24) is 0 Å². The summed E-state index contributed by atoms with van der Waals surface area (Å²) in [5, 5.41) is 0. The van der Waals surface area contributed by atoms with Gasteiger partial charge in [0.25, 0.3) is 0 Å². The molecular formula is C64H106O2. The molecule has 0 aromatic heterocycles. The number of ether oxygens (including phenoxy) is 2. The third kappa shape index (κ3) is 31.3. The van der Waals surface area contributed by atoms with Gasteiger partial charge in [0.1, 0.15) is 11.5 Å². The van der Waals surface area contributed by atoms with E-state index in [1.54, 1.807) is 0 Å². The van der Waals surface area contributed by atoms with Crippen LogP contribution in [-0.4, -0.2) is 13.2 Å². The Morgan fingerprint density at radius 3 is 0.652 bits per heavy atom. The Bertz CT molecular complexity index is 1410. The second-order valence-electron chi connectivity index (χ2n) is 22.3. The third-order valence-corrected chi connectivity index (χ3v) is 14.1. The first-order valence-corrected chi connectivity index (χ1v) is 28.5. The molecular weight excluding hydrogens is 801 g/mol. The highest BCUT2D eigenvalue weighted by Gasteiger charge is 2.17. The van der Waals surface area contributed by atoms with E-state index in [1.165, 1.54) is 242 Å². The van der Waals surface area contributed by atoms with Crippen LogP contribution >= 0.6 is 0 Å². The highest BCUT2D eigenvalue weighted by molar-refractivity contribution is 5.49. The zero-order valence-electron chi connectivity index (χ0n) is 44.7. The van der Waals surface area contributed by atoms with Gasteiger partial charge in [-0.1, -0.05) is 297 Å². The van der Waals surface area contributed by atoms with E-state index in [-0.39, 0.29) is 10.8 Å². The molecule has 0 radical (unpaired) electrons. The summed E-state index contributed by atoms with van der Waals surface area (Å²) in [5.41, 5.74) is 4.48. The van der Waals surface area contributed by atoms with Crippen LogP contribution in [0.15, 0.2) is 36.4 Å². The second-order valence-corrected chi connectivity index (χ2v) is 22.3. The largest absolute Gasteiger partial charge is 0.492 e. The van der Waals surface area contributed by atoms with Crippen LogP contribution in [-0.2, 0) is 10.8 Å². The number of terminal acetylenes is 2. The van der Waals surface area contributed by atoms with Crippen molar-refractivity contribution in [2.45, 2.75) is 296 Å². The lowest BCUT2D eigenvalue weighted by Gasteiger charge is -2.20. The second kappa shape index (κ2) is 39.1. The smallest absolute Gasteiger partial charge is 0.134 e. The predicted molar refractivity (Wildman–Crippen MR) is 293 cm³/mol. The van der Waals surface area contributed by atoms with Crippen LogP contribution in [0.2, 0.25) is 0 Å². The first-order chi connectivity index (χ1) is 32.1. The molecule has 0 bridgehead atoms. The van der Waals surface area contributed by atoms with Crippen LogP contribution in [0, 0.1) is 24.7 Å². The molecule has 0 amide bonds. The average Bonchev–Trinajstić information content (AvgIpc) is 3.30. The molecule has 2 aromatic carbocycles. The zero-order chi connectivity index (χ0) is 47.8. The Kier molecular flexibility index (Phi) is 35.1. The lowest BCUT2D eigenvalue weighted by molar-refractivity contribution is 0.303. The molecule has 0 spiro atoms. The molecule has 0 fully saturated rings. The van der Waals surface area contributed by atoms with Crippen molar-refractivity contribution in [3.8, 4) is 36.2 Å². The highest BCUT2D eigenvalue weighted by Crippen LogP contribution is 2.29. The summed E-state index contributed by atoms with van der Waals surface area (Å²) < 4.78 is 12.1.